The van der Waals surface area contributed by atoms with Crippen molar-refractivity contribution in [1.29, 1.82) is 0 Å². The number of hydrogen-bond acceptors (Lipinski definition) is 2. The van der Waals surface area contributed by atoms with Crippen LogP contribution in [0.25, 0.3) is 0 Å². The van der Waals surface area contributed by atoms with E-state index in [2.05, 4.69) is 37.9 Å². The molecule has 2 atom stereocenters. The average Bonchev–Trinajstić information content (AvgIpc) is 2.62. The van der Waals surface area contributed by atoms with Gasteiger partial charge in [0.2, 0.25) is 0 Å². The molecule has 1 saturated carbocycles. The lowest BCUT2D eigenvalue weighted by Gasteiger charge is -2.32. The van der Waals surface area contributed by atoms with Crippen LogP contribution in [0.1, 0.15) is 53.4 Å². The van der Waals surface area contributed by atoms with E-state index in [1.807, 2.05) is 0 Å². The van der Waals surface area contributed by atoms with Gasteiger partial charge in [-0.25, -0.2) is 0 Å². The minimum atomic E-state index is 0.704. The van der Waals surface area contributed by atoms with E-state index in [4.69, 9.17) is 0 Å². The molecule has 0 heterocycles. The van der Waals surface area contributed by atoms with Crippen molar-refractivity contribution < 1.29 is 0 Å². The van der Waals surface area contributed by atoms with Crippen LogP contribution in [0.3, 0.4) is 0 Å². The Morgan fingerprint density at radius 1 is 1.27 bits per heavy atom. The van der Waals surface area contributed by atoms with Gasteiger partial charge in [0, 0.05) is 18.1 Å². The fourth-order valence-corrected chi connectivity index (χ4v) is 2.85. The van der Waals surface area contributed by atoms with E-state index >= 15 is 0 Å². The van der Waals surface area contributed by atoms with Crippen molar-refractivity contribution in [2.24, 2.45) is 0 Å². The van der Waals surface area contributed by atoms with Crippen LogP contribution in [0.2, 0.25) is 0 Å². The highest BCUT2D eigenvalue weighted by atomic mass is 15.2. The van der Waals surface area contributed by atoms with Gasteiger partial charge in [0.15, 0.2) is 0 Å². The highest BCUT2D eigenvalue weighted by Gasteiger charge is 2.29. The van der Waals surface area contributed by atoms with Crippen LogP contribution in [-0.2, 0) is 0 Å². The summed E-state index contributed by atoms with van der Waals surface area (Å²) in [5.74, 6) is 0. The van der Waals surface area contributed by atoms with E-state index in [1.165, 1.54) is 32.2 Å². The average molecular weight is 212 g/mol. The first kappa shape index (κ1) is 13.0. The third kappa shape index (κ3) is 3.76. The van der Waals surface area contributed by atoms with Gasteiger partial charge < -0.3 is 5.32 Å². The maximum absolute atomic E-state index is 3.58. The summed E-state index contributed by atoms with van der Waals surface area (Å²) in [6.07, 6.45) is 5.38. The van der Waals surface area contributed by atoms with E-state index in [1.54, 1.807) is 0 Å². The lowest BCUT2D eigenvalue weighted by atomic mass is 10.1. The van der Waals surface area contributed by atoms with Gasteiger partial charge in [-0.3, -0.25) is 4.90 Å². The molecule has 1 aliphatic carbocycles. The quantitative estimate of drug-likeness (QED) is 0.728. The summed E-state index contributed by atoms with van der Waals surface area (Å²) >= 11 is 0. The summed E-state index contributed by atoms with van der Waals surface area (Å²) in [4.78, 5) is 2.69. The van der Waals surface area contributed by atoms with Gasteiger partial charge in [0.25, 0.3) is 0 Å². The zero-order valence-electron chi connectivity index (χ0n) is 10.9. The standard InChI is InChI=1S/C13H28N2/c1-5-9-15(11(3)4)13-8-7-12(10-13)14-6-2/h11-14H,5-10H2,1-4H3. The second-order valence-electron chi connectivity index (χ2n) is 5.05. The van der Waals surface area contributed by atoms with Crippen LogP contribution < -0.4 is 5.32 Å². The monoisotopic (exact) mass is 212 g/mol. The second-order valence-corrected chi connectivity index (χ2v) is 5.05. The number of hydrogen-bond donors (Lipinski definition) is 1. The molecule has 2 unspecified atom stereocenters. The van der Waals surface area contributed by atoms with E-state index in [9.17, 15) is 0 Å². The smallest absolute Gasteiger partial charge is 0.0113 e. The van der Waals surface area contributed by atoms with Gasteiger partial charge in [-0.1, -0.05) is 13.8 Å². The lowest BCUT2D eigenvalue weighted by molar-refractivity contribution is 0.153. The minimum absolute atomic E-state index is 0.704. The summed E-state index contributed by atoms with van der Waals surface area (Å²) in [6, 6.07) is 2.31. The molecule has 0 aliphatic heterocycles. The van der Waals surface area contributed by atoms with Crippen molar-refractivity contribution in [2.45, 2.75) is 71.5 Å². The number of nitrogens with one attached hydrogen (secondary N) is 1. The summed E-state index contributed by atoms with van der Waals surface area (Å²) in [5, 5.41) is 3.58. The van der Waals surface area contributed by atoms with E-state index in [-0.39, 0.29) is 0 Å². The van der Waals surface area contributed by atoms with Crippen molar-refractivity contribution in [3.63, 3.8) is 0 Å². The van der Waals surface area contributed by atoms with Crippen molar-refractivity contribution in [3.05, 3.63) is 0 Å². The molecular weight excluding hydrogens is 184 g/mol. The SMILES string of the molecule is CCCN(C(C)C)C1CCC(NCC)C1. The maximum Gasteiger partial charge on any atom is 0.0113 e. The Morgan fingerprint density at radius 3 is 2.53 bits per heavy atom. The van der Waals surface area contributed by atoms with Crippen LogP contribution in [0.5, 0.6) is 0 Å². The zero-order chi connectivity index (χ0) is 11.3. The van der Waals surface area contributed by atoms with Crippen LogP contribution >= 0.6 is 0 Å². The molecule has 2 nitrogen and oxygen atoms in total. The van der Waals surface area contributed by atoms with Gasteiger partial charge >= 0.3 is 0 Å². The molecule has 0 aromatic rings. The summed E-state index contributed by atoms with van der Waals surface area (Å²) in [6.45, 7) is 11.5. The highest BCUT2D eigenvalue weighted by Crippen LogP contribution is 2.25. The Labute approximate surface area is 95.4 Å². The molecule has 0 aromatic carbocycles. The predicted octanol–water partition coefficient (Wildman–Crippen LogP) is 2.64. The Kier molecular flexibility index (Phi) is 5.62. The topological polar surface area (TPSA) is 15.3 Å². The van der Waals surface area contributed by atoms with Gasteiger partial charge in [-0.2, -0.15) is 0 Å². The molecule has 0 aromatic heterocycles. The van der Waals surface area contributed by atoms with E-state index < -0.39 is 0 Å². The van der Waals surface area contributed by atoms with E-state index in [0.717, 1.165) is 18.6 Å². The predicted molar refractivity (Wildman–Crippen MR) is 67.2 cm³/mol. The van der Waals surface area contributed by atoms with Crippen molar-refractivity contribution in [2.75, 3.05) is 13.1 Å². The third-order valence-corrected chi connectivity index (χ3v) is 3.51. The molecule has 2 heteroatoms. The Balaban J connectivity index is 2.41. The Hall–Kier alpha value is -0.0800. The van der Waals surface area contributed by atoms with Crippen LogP contribution in [0.15, 0.2) is 0 Å². The van der Waals surface area contributed by atoms with Gasteiger partial charge in [-0.05, 0) is 52.6 Å². The Bertz CT molecular complexity index is 168. The summed E-state index contributed by atoms with van der Waals surface area (Å²) in [5.41, 5.74) is 0. The Morgan fingerprint density at radius 2 is 2.00 bits per heavy atom. The normalized spacial score (nSPS) is 26.8. The molecule has 15 heavy (non-hydrogen) atoms. The maximum atomic E-state index is 3.58. The molecule has 0 saturated heterocycles. The van der Waals surface area contributed by atoms with Gasteiger partial charge in [-0.15, -0.1) is 0 Å². The molecule has 0 radical (unpaired) electrons. The van der Waals surface area contributed by atoms with Crippen LogP contribution in [-0.4, -0.2) is 36.1 Å². The molecule has 0 spiro atoms. The van der Waals surface area contributed by atoms with Crippen molar-refractivity contribution in [3.8, 4) is 0 Å². The minimum Gasteiger partial charge on any atom is -0.314 e. The first-order valence-corrected chi connectivity index (χ1v) is 6.68. The molecular formula is C13H28N2. The first-order valence-electron chi connectivity index (χ1n) is 6.68. The lowest BCUT2D eigenvalue weighted by Crippen LogP contribution is -2.40. The van der Waals surface area contributed by atoms with Crippen LogP contribution in [0.4, 0.5) is 0 Å². The zero-order valence-corrected chi connectivity index (χ0v) is 10.9. The summed E-state index contributed by atoms with van der Waals surface area (Å²) < 4.78 is 0. The fourth-order valence-electron chi connectivity index (χ4n) is 2.85. The molecule has 1 aliphatic rings. The summed E-state index contributed by atoms with van der Waals surface area (Å²) in [7, 11) is 0. The molecule has 1 rings (SSSR count). The van der Waals surface area contributed by atoms with Crippen molar-refractivity contribution >= 4 is 0 Å². The van der Waals surface area contributed by atoms with Crippen LogP contribution in [0, 0.1) is 0 Å². The van der Waals surface area contributed by atoms with Gasteiger partial charge in [0.1, 0.15) is 0 Å². The number of nitrogens with zero attached hydrogens (tertiary/aromatic N) is 1. The highest BCUT2D eigenvalue weighted by molar-refractivity contribution is 4.87. The third-order valence-electron chi connectivity index (χ3n) is 3.51. The fraction of sp³-hybridized carbons (Fsp3) is 1.00. The van der Waals surface area contributed by atoms with E-state index in [0.29, 0.717) is 6.04 Å². The molecule has 0 bridgehead atoms. The molecule has 1 N–H and O–H groups in total. The number of rotatable bonds is 6. The molecule has 1 fully saturated rings. The molecule has 0 amide bonds. The first-order chi connectivity index (χ1) is 7.19. The van der Waals surface area contributed by atoms with Gasteiger partial charge in [0.05, 0.1) is 0 Å². The largest absolute Gasteiger partial charge is 0.314 e. The van der Waals surface area contributed by atoms with Crippen molar-refractivity contribution in [1.82, 2.24) is 10.2 Å². The molecule has 90 valence electrons. The second kappa shape index (κ2) is 6.49.